The first-order valence-electron chi connectivity index (χ1n) is 5.77. The first-order valence-corrected chi connectivity index (χ1v) is 5.77. The number of methoxy groups -OCH3 is 1. The lowest BCUT2D eigenvalue weighted by Crippen LogP contribution is -2.28. The number of piperidine rings is 1. The Hall–Kier alpha value is -1.09. The molecule has 88 valence electrons. The summed E-state index contributed by atoms with van der Waals surface area (Å²) in [5.74, 6) is 0.609. The molecule has 0 amide bonds. The van der Waals surface area contributed by atoms with Crippen molar-refractivity contribution in [1.82, 2.24) is 5.32 Å². The van der Waals surface area contributed by atoms with Crippen LogP contribution in [0, 0.1) is 12.7 Å². The average Bonchev–Trinajstić information content (AvgIpc) is 2.33. The summed E-state index contributed by atoms with van der Waals surface area (Å²) in [4.78, 5) is 0. The molecule has 1 aromatic rings. The Labute approximate surface area is 95.8 Å². The van der Waals surface area contributed by atoms with Gasteiger partial charge in [0.15, 0.2) is 11.6 Å². The van der Waals surface area contributed by atoms with E-state index in [4.69, 9.17) is 4.74 Å². The highest BCUT2D eigenvalue weighted by atomic mass is 19.1. The third-order valence-electron chi connectivity index (χ3n) is 3.23. The Morgan fingerprint density at radius 2 is 2.25 bits per heavy atom. The van der Waals surface area contributed by atoms with Gasteiger partial charge in [-0.3, -0.25) is 0 Å². The van der Waals surface area contributed by atoms with E-state index < -0.39 is 0 Å². The number of rotatable bonds is 2. The quantitative estimate of drug-likeness (QED) is 0.832. The molecule has 2 nitrogen and oxygen atoms in total. The Balaban J connectivity index is 2.29. The highest BCUT2D eigenvalue weighted by Crippen LogP contribution is 2.29. The molecule has 1 N–H and O–H groups in total. The fraction of sp³-hybridized carbons (Fsp3) is 0.538. The summed E-state index contributed by atoms with van der Waals surface area (Å²) >= 11 is 0. The van der Waals surface area contributed by atoms with E-state index in [0.29, 0.717) is 17.2 Å². The van der Waals surface area contributed by atoms with Crippen LogP contribution >= 0.6 is 0 Å². The van der Waals surface area contributed by atoms with Crippen LogP contribution in [0.4, 0.5) is 4.39 Å². The van der Waals surface area contributed by atoms with E-state index in [1.54, 1.807) is 6.92 Å². The molecule has 0 spiro atoms. The van der Waals surface area contributed by atoms with E-state index in [1.807, 2.05) is 12.1 Å². The molecule has 1 unspecified atom stereocenters. The standard InChI is InChI=1S/C13H18FNO/c1-9-6-11(7-12(16-2)13(9)14)10-4-3-5-15-8-10/h6-7,10,15H,3-5,8H2,1-2H3. The summed E-state index contributed by atoms with van der Waals surface area (Å²) in [5.41, 5.74) is 1.85. The Kier molecular flexibility index (Phi) is 3.44. The minimum atomic E-state index is -0.241. The molecule has 1 aliphatic rings. The number of nitrogens with one attached hydrogen (secondary N) is 1. The van der Waals surface area contributed by atoms with Crippen molar-refractivity contribution < 1.29 is 9.13 Å². The molecule has 1 fully saturated rings. The summed E-state index contributed by atoms with van der Waals surface area (Å²) in [6.45, 7) is 3.86. The molecule has 16 heavy (non-hydrogen) atoms. The number of hydrogen-bond acceptors (Lipinski definition) is 2. The average molecular weight is 223 g/mol. The summed E-state index contributed by atoms with van der Waals surface area (Å²) in [6.07, 6.45) is 2.35. The van der Waals surface area contributed by atoms with Gasteiger partial charge in [0, 0.05) is 6.54 Å². The van der Waals surface area contributed by atoms with Crippen LogP contribution in [0.5, 0.6) is 5.75 Å². The second-order valence-corrected chi connectivity index (χ2v) is 4.40. The van der Waals surface area contributed by atoms with Crippen molar-refractivity contribution in [2.24, 2.45) is 0 Å². The fourth-order valence-corrected chi connectivity index (χ4v) is 2.28. The SMILES string of the molecule is COc1cc(C2CCCNC2)cc(C)c1F. The van der Waals surface area contributed by atoms with Gasteiger partial charge in [0.1, 0.15) is 0 Å². The van der Waals surface area contributed by atoms with Gasteiger partial charge in [0.25, 0.3) is 0 Å². The van der Waals surface area contributed by atoms with Crippen LogP contribution in [0.3, 0.4) is 0 Å². The van der Waals surface area contributed by atoms with Crippen LogP contribution in [0.25, 0.3) is 0 Å². The molecule has 3 heteroatoms. The highest BCUT2D eigenvalue weighted by molar-refractivity contribution is 5.37. The lowest BCUT2D eigenvalue weighted by Gasteiger charge is -2.24. The number of benzene rings is 1. The van der Waals surface area contributed by atoms with E-state index in [2.05, 4.69) is 5.32 Å². The predicted octanol–water partition coefficient (Wildman–Crippen LogP) is 2.61. The van der Waals surface area contributed by atoms with E-state index in [-0.39, 0.29) is 5.82 Å². The summed E-state index contributed by atoms with van der Waals surface area (Å²) in [7, 11) is 1.51. The van der Waals surface area contributed by atoms with Crippen LogP contribution in [-0.2, 0) is 0 Å². The van der Waals surface area contributed by atoms with Crippen molar-refractivity contribution in [3.8, 4) is 5.75 Å². The zero-order chi connectivity index (χ0) is 11.5. The molecule has 1 atom stereocenters. The van der Waals surface area contributed by atoms with Gasteiger partial charge < -0.3 is 10.1 Å². The minimum absolute atomic E-state index is 0.241. The number of ether oxygens (including phenoxy) is 1. The molecule has 0 aromatic heterocycles. The van der Waals surface area contributed by atoms with Crippen molar-refractivity contribution in [2.75, 3.05) is 20.2 Å². The first-order chi connectivity index (χ1) is 7.72. The lowest BCUT2D eigenvalue weighted by molar-refractivity contribution is 0.382. The molecule has 1 aliphatic heterocycles. The van der Waals surface area contributed by atoms with E-state index in [0.717, 1.165) is 13.1 Å². The van der Waals surface area contributed by atoms with Gasteiger partial charge in [0.05, 0.1) is 7.11 Å². The van der Waals surface area contributed by atoms with Gasteiger partial charge >= 0.3 is 0 Å². The number of aryl methyl sites for hydroxylation is 1. The predicted molar refractivity (Wildman–Crippen MR) is 62.5 cm³/mol. The van der Waals surface area contributed by atoms with Crippen molar-refractivity contribution in [2.45, 2.75) is 25.7 Å². The molecule has 0 radical (unpaired) electrons. The molecule has 1 saturated heterocycles. The Morgan fingerprint density at radius 3 is 2.88 bits per heavy atom. The second-order valence-electron chi connectivity index (χ2n) is 4.40. The zero-order valence-corrected chi connectivity index (χ0v) is 9.85. The Bertz CT molecular complexity index is 372. The molecule has 0 bridgehead atoms. The molecular formula is C13H18FNO. The summed E-state index contributed by atoms with van der Waals surface area (Å²) in [6, 6.07) is 3.77. The maximum atomic E-state index is 13.6. The maximum Gasteiger partial charge on any atom is 0.167 e. The van der Waals surface area contributed by atoms with Crippen molar-refractivity contribution in [3.63, 3.8) is 0 Å². The molecular weight excluding hydrogens is 205 g/mol. The van der Waals surface area contributed by atoms with E-state index in [9.17, 15) is 4.39 Å². The van der Waals surface area contributed by atoms with Gasteiger partial charge in [-0.05, 0) is 49.4 Å². The molecule has 2 rings (SSSR count). The van der Waals surface area contributed by atoms with Crippen LogP contribution < -0.4 is 10.1 Å². The summed E-state index contributed by atoms with van der Waals surface area (Å²) in [5, 5.41) is 3.37. The minimum Gasteiger partial charge on any atom is -0.494 e. The molecule has 0 saturated carbocycles. The molecule has 1 heterocycles. The maximum absolute atomic E-state index is 13.6. The topological polar surface area (TPSA) is 21.3 Å². The largest absolute Gasteiger partial charge is 0.494 e. The third kappa shape index (κ3) is 2.19. The first kappa shape index (κ1) is 11.4. The Morgan fingerprint density at radius 1 is 1.44 bits per heavy atom. The van der Waals surface area contributed by atoms with Crippen LogP contribution in [0.15, 0.2) is 12.1 Å². The van der Waals surface area contributed by atoms with Crippen LogP contribution in [0.2, 0.25) is 0 Å². The summed E-state index contributed by atoms with van der Waals surface area (Å²) < 4.78 is 18.7. The highest BCUT2D eigenvalue weighted by Gasteiger charge is 2.18. The van der Waals surface area contributed by atoms with Gasteiger partial charge in [-0.2, -0.15) is 0 Å². The van der Waals surface area contributed by atoms with Gasteiger partial charge in [-0.25, -0.2) is 4.39 Å². The second kappa shape index (κ2) is 4.83. The number of hydrogen-bond donors (Lipinski definition) is 1. The third-order valence-corrected chi connectivity index (χ3v) is 3.23. The number of halogens is 1. The van der Waals surface area contributed by atoms with Crippen molar-refractivity contribution in [1.29, 1.82) is 0 Å². The van der Waals surface area contributed by atoms with Crippen molar-refractivity contribution >= 4 is 0 Å². The van der Waals surface area contributed by atoms with Crippen LogP contribution in [0.1, 0.15) is 29.9 Å². The smallest absolute Gasteiger partial charge is 0.167 e. The van der Waals surface area contributed by atoms with Gasteiger partial charge in [-0.1, -0.05) is 6.07 Å². The zero-order valence-electron chi connectivity index (χ0n) is 9.85. The fourth-order valence-electron chi connectivity index (χ4n) is 2.28. The van der Waals surface area contributed by atoms with E-state index in [1.165, 1.54) is 25.5 Å². The molecule has 0 aliphatic carbocycles. The van der Waals surface area contributed by atoms with Crippen LogP contribution in [-0.4, -0.2) is 20.2 Å². The molecule has 1 aromatic carbocycles. The normalized spacial score (nSPS) is 20.8. The van der Waals surface area contributed by atoms with Crippen molar-refractivity contribution in [3.05, 3.63) is 29.1 Å². The van der Waals surface area contributed by atoms with Gasteiger partial charge in [0.2, 0.25) is 0 Å². The lowest BCUT2D eigenvalue weighted by atomic mass is 9.90. The van der Waals surface area contributed by atoms with E-state index >= 15 is 0 Å². The monoisotopic (exact) mass is 223 g/mol. The van der Waals surface area contributed by atoms with Gasteiger partial charge in [-0.15, -0.1) is 0 Å².